The second-order valence-corrected chi connectivity index (χ2v) is 8.37. The van der Waals surface area contributed by atoms with Crippen molar-refractivity contribution in [2.24, 2.45) is 4.99 Å². The molecule has 0 aliphatic carbocycles. The van der Waals surface area contributed by atoms with Crippen molar-refractivity contribution >= 4 is 51.3 Å². The van der Waals surface area contributed by atoms with E-state index in [-0.39, 0.29) is 24.0 Å². The van der Waals surface area contributed by atoms with Gasteiger partial charge in [0.15, 0.2) is 5.96 Å². The van der Waals surface area contributed by atoms with Gasteiger partial charge in [-0.15, -0.1) is 35.3 Å². The number of nitrogens with one attached hydrogen (secondary N) is 2. The normalized spacial score (nSPS) is 13.5. The Kier molecular flexibility index (Phi) is 11.8. The van der Waals surface area contributed by atoms with Crippen molar-refractivity contribution < 1.29 is 8.42 Å². The third-order valence-electron chi connectivity index (χ3n) is 3.53. The third-order valence-corrected chi connectivity index (χ3v) is 6.01. The van der Waals surface area contributed by atoms with Gasteiger partial charge in [0.2, 0.25) is 10.0 Å². The molecule has 1 aromatic rings. The van der Waals surface area contributed by atoms with Crippen LogP contribution in [0.5, 0.6) is 0 Å². The highest BCUT2D eigenvalue weighted by atomic mass is 127. The molecule has 0 saturated heterocycles. The number of hydrogen-bond donors (Lipinski definition) is 2. The fourth-order valence-corrected chi connectivity index (χ4v) is 3.88. The minimum atomic E-state index is -3.11. The maximum absolute atomic E-state index is 11.5. The van der Waals surface area contributed by atoms with Crippen LogP contribution in [0.3, 0.4) is 0 Å². The summed E-state index contributed by atoms with van der Waals surface area (Å²) in [6.45, 7) is 6.54. The van der Waals surface area contributed by atoms with Crippen molar-refractivity contribution in [3.05, 3.63) is 22.4 Å². The van der Waals surface area contributed by atoms with Crippen LogP contribution in [0.2, 0.25) is 0 Å². The Morgan fingerprint density at radius 2 is 2.12 bits per heavy atom. The maximum Gasteiger partial charge on any atom is 0.211 e. The lowest BCUT2D eigenvalue weighted by Crippen LogP contribution is -2.40. The second kappa shape index (κ2) is 12.0. The highest BCUT2D eigenvalue weighted by Gasteiger charge is 2.13. The molecule has 1 heterocycles. The van der Waals surface area contributed by atoms with E-state index in [9.17, 15) is 8.42 Å². The molecule has 0 aromatic carbocycles. The van der Waals surface area contributed by atoms with Crippen molar-refractivity contribution in [2.45, 2.75) is 26.2 Å². The lowest BCUT2D eigenvalue weighted by molar-refractivity contribution is 0.424. The Balaban J connectivity index is 0.00000529. The molecule has 0 fully saturated rings. The molecule has 0 aliphatic rings. The Labute approximate surface area is 167 Å². The van der Waals surface area contributed by atoms with E-state index in [0.29, 0.717) is 25.6 Å². The summed E-state index contributed by atoms with van der Waals surface area (Å²) in [5, 5.41) is 8.61. The Hall–Kier alpha value is -0.390. The topological polar surface area (TPSA) is 73.8 Å². The largest absolute Gasteiger partial charge is 0.356 e. The highest BCUT2D eigenvalue weighted by Crippen LogP contribution is 2.19. The van der Waals surface area contributed by atoms with Crippen molar-refractivity contribution in [2.75, 3.05) is 39.5 Å². The van der Waals surface area contributed by atoms with Crippen molar-refractivity contribution in [3.8, 4) is 0 Å². The molecule has 1 atom stereocenters. The number of guanidine groups is 1. The van der Waals surface area contributed by atoms with Crippen molar-refractivity contribution in [1.82, 2.24) is 14.9 Å². The van der Waals surface area contributed by atoms with E-state index in [2.05, 4.69) is 40.1 Å². The van der Waals surface area contributed by atoms with Crippen LogP contribution in [0.25, 0.3) is 0 Å². The lowest BCUT2D eigenvalue weighted by atomic mass is 10.1. The first-order valence-corrected chi connectivity index (χ1v) is 10.5. The van der Waals surface area contributed by atoms with Gasteiger partial charge in [0, 0.05) is 44.0 Å². The first kappa shape index (κ1) is 23.6. The van der Waals surface area contributed by atoms with Crippen LogP contribution in [-0.4, -0.2) is 58.2 Å². The zero-order valence-corrected chi connectivity index (χ0v) is 18.7. The van der Waals surface area contributed by atoms with Gasteiger partial charge in [0.1, 0.15) is 0 Å². The second-order valence-electron chi connectivity index (χ2n) is 5.40. The number of sulfonamides is 1. The van der Waals surface area contributed by atoms with Gasteiger partial charge in [-0.1, -0.05) is 19.9 Å². The van der Waals surface area contributed by atoms with Crippen LogP contribution in [0, 0.1) is 0 Å². The molecule has 0 saturated carbocycles. The van der Waals surface area contributed by atoms with E-state index < -0.39 is 10.0 Å². The minimum Gasteiger partial charge on any atom is -0.356 e. The first-order valence-electron chi connectivity index (χ1n) is 7.81. The van der Waals surface area contributed by atoms with E-state index in [1.54, 1.807) is 18.4 Å². The molecule has 0 bridgehead atoms. The van der Waals surface area contributed by atoms with Gasteiger partial charge < -0.3 is 10.6 Å². The minimum absolute atomic E-state index is 0. The molecule has 1 rings (SSSR count). The molecule has 0 radical (unpaired) electrons. The summed E-state index contributed by atoms with van der Waals surface area (Å²) in [6, 6.07) is 4.20. The summed E-state index contributed by atoms with van der Waals surface area (Å²) < 4.78 is 24.5. The van der Waals surface area contributed by atoms with Gasteiger partial charge in [-0.25, -0.2) is 12.7 Å². The molecule has 0 amide bonds. The summed E-state index contributed by atoms with van der Waals surface area (Å²) in [5.74, 6) is 1.17. The molecule has 9 heteroatoms. The van der Waals surface area contributed by atoms with E-state index in [0.717, 1.165) is 18.9 Å². The number of thiophene rings is 1. The van der Waals surface area contributed by atoms with Gasteiger partial charge in [0.25, 0.3) is 0 Å². The Morgan fingerprint density at radius 3 is 2.62 bits per heavy atom. The SMILES string of the molecule is CCN(CCCNC(=NC)NCC(C)c1cccs1)S(C)(=O)=O.I. The molecule has 1 aromatic heterocycles. The van der Waals surface area contributed by atoms with Gasteiger partial charge in [-0.2, -0.15) is 0 Å². The fourth-order valence-electron chi connectivity index (χ4n) is 2.16. The summed E-state index contributed by atoms with van der Waals surface area (Å²) >= 11 is 1.76. The predicted molar refractivity (Wildman–Crippen MR) is 114 cm³/mol. The summed E-state index contributed by atoms with van der Waals surface area (Å²) in [6.07, 6.45) is 1.98. The molecule has 1 unspecified atom stereocenters. The number of nitrogens with zero attached hydrogens (tertiary/aromatic N) is 2. The van der Waals surface area contributed by atoms with Crippen molar-refractivity contribution in [3.63, 3.8) is 0 Å². The summed E-state index contributed by atoms with van der Waals surface area (Å²) in [4.78, 5) is 5.54. The van der Waals surface area contributed by atoms with Crippen LogP contribution >= 0.6 is 35.3 Å². The van der Waals surface area contributed by atoms with Gasteiger partial charge in [-0.3, -0.25) is 4.99 Å². The molecular weight excluding hydrogens is 459 g/mol. The molecule has 140 valence electrons. The highest BCUT2D eigenvalue weighted by molar-refractivity contribution is 14.0. The number of aliphatic imine (C=N–C) groups is 1. The smallest absolute Gasteiger partial charge is 0.211 e. The monoisotopic (exact) mass is 488 g/mol. The van der Waals surface area contributed by atoms with Crippen LogP contribution in [-0.2, 0) is 10.0 Å². The molecule has 6 nitrogen and oxygen atoms in total. The molecule has 24 heavy (non-hydrogen) atoms. The van der Waals surface area contributed by atoms with Gasteiger partial charge >= 0.3 is 0 Å². The zero-order chi connectivity index (χ0) is 17.3. The Bertz CT molecular complexity index is 576. The van der Waals surface area contributed by atoms with Crippen molar-refractivity contribution in [1.29, 1.82) is 0 Å². The van der Waals surface area contributed by atoms with Gasteiger partial charge in [0.05, 0.1) is 6.26 Å². The Morgan fingerprint density at radius 1 is 1.42 bits per heavy atom. The standard InChI is InChI=1S/C15H28N4O2S2.HI/c1-5-19(23(4,20)21)10-7-9-17-15(16-3)18-12-13(2)14-8-6-11-22-14;/h6,8,11,13H,5,7,9-10,12H2,1-4H3,(H2,16,17,18);1H. The zero-order valence-electron chi connectivity index (χ0n) is 14.8. The molecule has 2 N–H and O–H groups in total. The van der Waals surface area contributed by atoms with E-state index in [4.69, 9.17) is 0 Å². The molecular formula is C15H29IN4O2S2. The summed E-state index contributed by atoms with van der Waals surface area (Å²) in [5.41, 5.74) is 0. The first-order chi connectivity index (χ1) is 10.9. The summed E-state index contributed by atoms with van der Waals surface area (Å²) in [7, 11) is -1.37. The molecule has 0 aliphatic heterocycles. The quantitative estimate of drug-likeness (QED) is 0.242. The van der Waals surface area contributed by atoms with Crippen LogP contribution < -0.4 is 10.6 Å². The molecule has 0 spiro atoms. The number of rotatable bonds is 9. The number of hydrogen-bond acceptors (Lipinski definition) is 4. The van der Waals surface area contributed by atoms with Crippen LogP contribution in [0.1, 0.15) is 31.1 Å². The predicted octanol–water partition coefficient (Wildman–Crippen LogP) is 2.31. The van der Waals surface area contributed by atoms with Crippen LogP contribution in [0.4, 0.5) is 0 Å². The van der Waals surface area contributed by atoms with E-state index >= 15 is 0 Å². The van der Waals surface area contributed by atoms with E-state index in [1.165, 1.54) is 15.4 Å². The average Bonchev–Trinajstić information content (AvgIpc) is 3.03. The van der Waals surface area contributed by atoms with Crippen LogP contribution in [0.15, 0.2) is 22.5 Å². The average molecular weight is 488 g/mol. The maximum atomic E-state index is 11.5. The third kappa shape index (κ3) is 8.63. The lowest BCUT2D eigenvalue weighted by Gasteiger charge is -2.19. The van der Waals surface area contributed by atoms with Gasteiger partial charge in [-0.05, 0) is 17.9 Å². The number of halogens is 1. The fraction of sp³-hybridized carbons (Fsp3) is 0.667. The van der Waals surface area contributed by atoms with E-state index in [1.807, 2.05) is 6.92 Å².